The predicted octanol–water partition coefficient (Wildman–Crippen LogP) is 5.13. The van der Waals surface area contributed by atoms with Crippen LogP contribution in [0.2, 0.25) is 5.02 Å². The monoisotopic (exact) mass is 260 g/mol. The van der Waals surface area contributed by atoms with Crippen molar-refractivity contribution in [1.82, 2.24) is 0 Å². The maximum atomic E-state index is 6.08. The molecule has 0 bridgehead atoms. The van der Waals surface area contributed by atoms with E-state index in [1.165, 1.54) is 20.9 Å². The van der Waals surface area contributed by atoms with Gasteiger partial charge in [0, 0.05) is 20.2 Å². The van der Waals surface area contributed by atoms with Crippen LogP contribution in [0, 0.1) is 0 Å². The molecule has 0 radical (unpaired) electrons. The van der Waals surface area contributed by atoms with Gasteiger partial charge in [0.1, 0.15) is 0 Å². The third-order valence-corrected chi connectivity index (χ3v) is 4.77. The van der Waals surface area contributed by atoms with E-state index >= 15 is 0 Å². The molecule has 2 heteroatoms. The Balaban J connectivity index is 2.26. The van der Waals surface area contributed by atoms with E-state index in [2.05, 4.69) is 50.2 Å². The lowest BCUT2D eigenvalue weighted by atomic mass is 9.78. The van der Waals surface area contributed by atoms with Gasteiger partial charge >= 0.3 is 0 Å². The minimum absolute atomic E-state index is 0.0573. The summed E-state index contributed by atoms with van der Waals surface area (Å²) in [5.41, 5.74) is 2.83. The molecule has 0 saturated carbocycles. The topological polar surface area (TPSA) is 0 Å². The number of hydrogen-bond acceptors (Lipinski definition) is 1. The van der Waals surface area contributed by atoms with Crippen LogP contribution in [0.5, 0.6) is 0 Å². The second-order valence-electron chi connectivity index (χ2n) is 4.86. The van der Waals surface area contributed by atoms with E-state index in [1.54, 1.807) is 0 Å². The van der Waals surface area contributed by atoms with E-state index in [0.29, 0.717) is 0 Å². The first-order valence-electron chi connectivity index (χ1n) is 5.66. The fraction of sp³-hybridized carbons (Fsp3) is 0.200. The Morgan fingerprint density at radius 1 is 0.941 bits per heavy atom. The Morgan fingerprint density at radius 3 is 2.47 bits per heavy atom. The Bertz CT molecular complexity index is 587. The quantitative estimate of drug-likeness (QED) is 0.633. The van der Waals surface area contributed by atoms with Crippen LogP contribution in [0.4, 0.5) is 0 Å². The maximum absolute atomic E-state index is 6.08. The van der Waals surface area contributed by atoms with Crippen molar-refractivity contribution in [2.75, 3.05) is 0 Å². The van der Waals surface area contributed by atoms with E-state index < -0.39 is 0 Å². The molecule has 0 unspecified atom stereocenters. The van der Waals surface area contributed by atoms with Gasteiger partial charge in [0.05, 0.1) is 0 Å². The normalized spacial score (nSPS) is 16.2. The van der Waals surface area contributed by atoms with E-state index in [-0.39, 0.29) is 5.41 Å². The molecule has 0 aliphatic carbocycles. The van der Waals surface area contributed by atoms with Gasteiger partial charge in [-0.05, 0) is 29.3 Å². The Kier molecular flexibility index (Phi) is 2.49. The van der Waals surface area contributed by atoms with Crippen LogP contribution < -0.4 is 0 Å². The first-order valence-corrected chi connectivity index (χ1v) is 6.86. The summed E-state index contributed by atoms with van der Waals surface area (Å²) in [5, 5.41) is 0.812. The molecular formula is C15H13ClS. The van der Waals surface area contributed by atoms with Crippen LogP contribution >= 0.6 is 23.4 Å². The summed E-state index contributed by atoms with van der Waals surface area (Å²) in [6.45, 7) is 4.55. The van der Waals surface area contributed by atoms with Crippen LogP contribution in [0.25, 0.3) is 0 Å². The van der Waals surface area contributed by atoms with Gasteiger partial charge in [-0.15, -0.1) is 0 Å². The zero-order valence-electron chi connectivity index (χ0n) is 9.83. The van der Waals surface area contributed by atoms with Crippen molar-refractivity contribution in [3.05, 3.63) is 58.6 Å². The van der Waals surface area contributed by atoms with Gasteiger partial charge < -0.3 is 0 Å². The summed E-state index contributed by atoms with van der Waals surface area (Å²) in [4.78, 5) is 2.62. The first-order chi connectivity index (χ1) is 8.09. The SMILES string of the molecule is CC1(C)c2ccccc2Sc2cc(Cl)ccc21. The molecule has 17 heavy (non-hydrogen) atoms. The molecule has 86 valence electrons. The van der Waals surface area contributed by atoms with Crippen molar-refractivity contribution in [2.45, 2.75) is 29.1 Å². The largest absolute Gasteiger partial charge is 0.0894 e. The minimum Gasteiger partial charge on any atom is -0.0894 e. The van der Waals surface area contributed by atoms with Crippen molar-refractivity contribution in [3.8, 4) is 0 Å². The van der Waals surface area contributed by atoms with E-state index in [4.69, 9.17) is 11.6 Å². The molecule has 0 fully saturated rings. The van der Waals surface area contributed by atoms with Gasteiger partial charge in [0.15, 0.2) is 0 Å². The molecule has 0 aromatic heterocycles. The fourth-order valence-electron chi connectivity index (χ4n) is 2.43. The smallest absolute Gasteiger partial charge is 0.0417 e. The third-order valence-electron chi connectivity index (χ3n) is 3.40. The van der Waals surface area contributed by atoms with Gasteiger partial charge in [-0.1, -0.05) is 61.5 Å². The van der Waals surface area contributed by atoms with Crippen molar-refractivity contribution in [2.24, 2.45) is 0 Å². The molecule has 0 N–H and O–H groups in total. The molecule has 0 amide bonds. The summed E-state index contributed by atoms with van der Waals surface area (Å²) in [7, 11) is 0. The van der Waals surface area contributed by atoms with Gasteiger partial charge in [-0.25, -0.2) is 0 Å². The van der Waals surface area contributed by atoms with Crippen LogP contribution in [-0.2, 0) is 5.41 Å². The van der Waals surface area contributed by atoms with Gasteiger partial charge in [-0.3, -0.25) is 0 Å². The van der Waals surface area contributed by atoms with Crippen molar-refractivity contribution in [1.29, 1.82) is 0 Å². The summed E-state index contributed by atoms with van der Waals surface area (Å²) < 4.78 is 0. The molecule has 2 aromatic rings. The van der Waals surface area contributed by atoms with Crippen LogP contribution in [0.1, 0.15) is 25.0 Å². The van der Waals surface area contributed by atoms with Crippen molar-refractivity contribution in [3.63, 3.8) is 0 Å². The summed E-state index contributed by atoms with van der Waals surface area (Å²) in [5.74, 6) is 0. The second kappa shape index (κ2) is 3.79. The lowest BCUT2D eigenvalue weighted by Gasteiger charge is -2.34. The molecule has 2 aromatic carbocycles. The van der Waals surface area contributed by atoms with Crippen LogP contribution in [0.3, 0.4) is 0 Å². The molecule has 0 spiro atoms. The van der Waals surface area contributed by atoms with Crippen LogP contribution in [0.15, 0.2) is 52.3 Å². The molecule has 1 aliphatic heterocycles. The first kappa shape index (κ1) is 11.2. The standard InChI is InChI=1S/C15H13ClS/c1-15(2)11-5-3-4-6-13(11)17-14-9-10(16)7-8-12(14)15/h3-9H,1-2H3. The number of halogens is 1. The molecule has 0 nitrogen and oxygen atoms in total. The Morgan fingerprint density at radius 2 is 1.65 bits per heavy atom. The lowest BCUT2D eigenvalue weighted by molar-refractivity contribution is 0.607. The zero-order chi connectivity index (χ0) is 12.0. The van der Waals surface area contributed by atoms with Crippen LogP contribution in [-0.4, -0.2) is 0 Å². The number of benzene rings is 2. The maximum Gasteiger partial charge on any atom is 0.0417 e. The van der Waals surface area contributed by atoms with Crippen molar-refractivity contribution >= 4 is 23.4 Å². The lowest BCUT2D eigenvalue weighted by Crippen LogP contribution is -2.23. The van der Waals surface area contributed by atoms with Gasteiger partial charge in [-0.2, -0.15) is 0 Å². The summed E-state index contributed by atoms with van der Waals surface area (Å²) in [6, 6.07) is 14.8. The summed E-state index contributed by atoms with van der Waals surface area (Å²) >= 11 is 7.90. The number of fused-ring (bicyclic) bond motifs is 2. The summed E-state index contributed by atoms with van der Waals surface area (Å²) in [6.07, 6.45) is 0. The highest BCUT2D eigenvalue weighted by molar-refractivity contribution is 7.99. The fourth-order valence-corrected chi connectivity index (χ4v) is 4.11. The second-order valence-corrected chi connectivity index (χ2v) is 6.38. The van der Waals surface area contributed by atoms with Crippen molar-refractivity contribution < 1.29 is 0 Å². The third kappa shape index (κ3) is 1.69. The number of hydrogen-bond donors (Lipinski definition) is 0. The predicted molar refractivity (Wildman–Crippen MR) is 74.1 cm³/mol. The molecule has 3 rings (SSSR count). The van der Waals surface area contributed by atoms with Gasteiger partial charge in [0.2, 0.25) is 0 Å². The Labute approximate surface area is 111 Å². The highest BCUT2D eigenvalue weighted by Gasteiger charge is 2.32. The molecule has 1 heterocycles. The zero-order valence-corrected chi connectivity index (χ0v) is 11.4. The molecular weight excluding hydrogens is 248 g/mol. The molecule has 0 atom stereocenters. The molecule has 1 aliphatic rings. The van der Waals surface area contributed by atoms with E-state index in [1.807, 2.05) is 17.8 Å². The van der Waals surface area contributed by atoms with Gasteiger partial charge in [0.25, 0.3) is 0 Å². The average Bonchev–Trinajstić information content (AvgIpc) is 2.28. The highest BCUT2D eigenvalue weighted by atomic mass is 35.5. The molecule has 0 saturated heterocycles. The average molecular weight is 261 g/mol. The van der Waals surface area contributed by atoms with E-state index in [0.717, 1.165) is 5.02 Å². The number of rotatable bonds is 0. The highest BCUT2D eigenvalue weighted by Crippen LogP contribution is 2.49. The van der Waals surface area contributed by atoms with E-state index in [9.17, 15) is 0 Å². The minimum atomic E-state index is 0.0573. The Hall–Kier alpha value is -0.920.